The summed E-state index contributed by atoms with van der Waals surface area (Å²) in [6.45, 7) is 8.95. The van der Waals surface area contributed by atoms with Gasteiger partial charge in [0.05, 0.1) is 5.02 Å². The van der Waals surface area contributed by atoms with E-state index in [1.807, 2.05) is 40.1 Å². The molecule has 4 aliphatic rings. The Balaban J connectivity index is 1.11. The maximum Gasteiger partial charge on any atom is 0.322 e. The van der Waals surface area contributed by atoms with Crippen LogP contribution in [0, 0.1) is 6.92 Å². The molecule has 13 heteroatoms. The van der Waals surface area contributed by atoms with Gasteiger partial charge in [-0.05, 0) is 67.9 Å². The summed E-state index contributed by atoms with van der Waals surface area (Å²) in [6, 6.07) is 10.7. The molecule has 4 aliphatic heterocycles. The fourth-order valence-electron chi connectivity index (χ4n) is 7.57. The zero-order chi connectivity index (χ0) is 34.5. The Morgan fingerprint density at radius 2 is 1.67 bits per heavy atom. The van der Waals surface area contributed by atoms with Crippen molar-refractivity contribution < 1.29 is 28.7 Å². The van der Waals surface area contributed by atoms with Crippen molar-refractivity contribution in [3.05, 3.63) is 58.1 Å². The highest BCUT2D eigenvalue weighted by molar-refractivity contribution is 6.32. The van der Waals surface area contributed by atoms with E-state index in [1.165, 1.54) is 6.92 Å². The number of piperidine rings is 1. The van der Waals surface area contributed by atoms with Crippen LogP contribution in [0.5, 0.6) is 5.75 Å². The molecule has 0 radical (unpaired) electrons. The van der Waals surface area contributed by atoms with Gasteiger partial charge in [-0.2, -0.15) is 0 Å². The second-order valence-electron chi connectivity index (χ2n) is 13.5. The first-order valence-electron chi connectivity index (χ1n) is 17.4. The Hall–Kier alpha value is -3.87. The average Bonchev–Trinajstić information content (AvgIpc) is 3.27. The lowest BCUT2D eigenvalue weighted by molar-refractivity contribution is -0.135. The number of likely N-dealkylation sites (tertiary alicyclic amines) is 1. The summed E-state index contributed by atoms with van der Waals surface area (Å²) in [4.78, 5) is 60.5. The van der Waals surface area contributed by atoms with Crippen LogP contribution in [0.1, 0.15) is 49.3 Å². The third-order valence-electron chi connectivity index (χ3n) is 10.2. The fraction of sp³-hybridized carbons (Fsp3) is 0.556. The molecule has 49 heavy (non-hydrogen) atoms. The molecule has 12 nitrogen and oxygen atoms in total. The van der Waals surface area contributed by atoms with E-state index >= 15 is 0 Å². The summed E-state index contributed by atoms with van der Waals surface area (Å²) in [5.74, 6) is -0.310. The molecule has 5 amide bonds. The predicted octanol–water partition coefficient (Wildman–Crippen LogP) is 4.07. The first-order chi connectivity index (χ1) is 23.7. The second kappa shape index (κ2) is 15.8. The normalized spacial score (nSPS) is 20.2. The van der Waals surface area contributed by atoms with E-state index in [9.17, 15) is 19.2 Å². The molecule has 0 aliphatic carbocycles. The number of ether oxygens (including phenoxy) is 2. The van der Waals surface area contributed by atoms with E-state index in [0.29, 0.717) is 62.9 Å². The minimum atomic E-state index is -0.815. The summed E-state index contributed by atoms with van der Waals surface area (Å²) >= 11 is 6.52. The monoisotopic (exact) mass is 694 g/mol. The molecule has 2 N–H and O–H groups in total. The van der Waals surface area contributed by atoms with Gasteiger partial charge in [-0.1, -0.05) is 35.9 Å². The molecule has 4 heterocycles. The van der Waals surface area contributed by atoms with Crippen LogP contribution in [0.2, 0.25) is 5.02 Å². The Bertz CT molecular complexity index is 1510. The number of amides is 5. The van der Waals surface area contributed by atoms with Crippen LogP contribution >= 0.6 is 11.6 Å². The van der Waals surface area contributed by atoms with Gasteiger partial charge in [0, 0.05) is 90.1 Å². The molecule has 3 saturated heterocycles. The molecule has 6 rings (SSSR count). The maximum absolute atomic E-state index is 14.1. The second-order valence-corrected chi connectivity index (χ2v) is 13.9. The zero-order valence-electron chi connectivity index (χ0n) is 28.4. The van der Waals surface area contributed by atoms with Crippen LogP contribution in [-0.2, 0) is 27.2 Å². The van der Waals surface area contributed by atoms with E-state index in [-0.39, 0.29) is 35.5 Å². The average molecular weight is 695 g/mol. The molecule has 0 bridgehead atoms. The van der Waals surface area contributed by atoms with Gasteiger partial charge in [-0.15, -0.1) is 0 Å². The Morgan fingerprint density at radius 1 is 0.959 bits per heavy atom. The van der Waals surface area contributed by atoms with E-state index in [2.05, 4.69) is 15.5 Å². The summed E-state index contributed by atoms with van der Waals surface area (Å²) in [7, 11) is 0. The van der Waals surface area contributed by atoms with Gasteiger partial charge in [0.15, 0.2) is 5.75 Å². The smallest absolute Gasteiger partial charge is 0.322 e. The molecule has 0 saturated carbocycles. The lowest BCUT2D eigenvalue weighted by Gasteiger charge is -2.42. The standard InChI is InChI=1S/C36H47ClN6O6/c1-24-21-26(22-30(37)33(24)49-25(2)44)23-32(34(45)41-17-15-40(16-18-41)28-10-19-48-20-11-28)39-35(46)42-12-8-29(9-13-42)43-14-7-27-5-3-4-6-31(27)38-36(43)47/h3-6,21-22,28-29,32H,7-20,23H2,1-2H3,(H,38,47)(H,39,46)/t32-/m1/s1. The van der Waals surface area contributed by atoms with Crippen molar-refractivity contribution in [2.75, 3.05) is 64.3 Å². The highest BCUT2D eigenvalue weighted by Gasteiger charge is 2.35. The number of hydrogen-bond donors (Lipinski definition) is 2. The fourth-order valence-corrected chi connectivity index (χ4v) is 7.89. The number of para-hydroxylation sites is 1. The zero-order valence-corrected chi connectivity index (χ0v) is 29.2. The van der Waals surface area contributed by atoms with Crippen molar-refractivity contribution in [1.29, 1.82) is 0 Å². The topological polar surface area (TPSA) is 124 Å². The molecular formula is C36H47ClN6O6. The van der Waals surface area contributed by atoms with Gasteiger partial charge >= 0.3 is 18.0 Å². The summed E-state index contributed by atoms with van der Waals surface area (Å²) in [6.07, 6.45) is 4.31. The first kappa shape index (κ1) is 35.0. The number of rotatable bonds is 7. The van der Waals surface area contributed by atoms with Crippen LogP contribution in [0.3, 0.4) is 0 Å². The minimum Gasteiger partial charge on any atom is -0.425 e. The number of nitrogens with one attached hydrogen (secondary N) is 2. The van der Waals surface area contributed by atoms with Gasteiger partial charge in [-0.25, -0.2) is 9.59 Å². The molecule has 0 unspecified atom stereocenters. The van der Waals surface area contributed by atoms with Gasteiger partial charge < -0.3 is 34.8 Å². The van der Waals surface area contributed by atoms with Crippen LogP contribution in [0.15, 0.2) is 36.4 Å². The van der Waals surface area contributed by atoms with Crippen molar-refractivity contribution in [2.24, 2.45) is 0 Å². The highest BCUT2D eigenvalue weighted by atomic mass is 35.5. The lowest BCUT2D eigenvalue weighted by atomic mass is 10.0. The van der Waals surface area contributed by atoms with Crippen molar-refractivity contribution in [3.8, 4) is 5.75 Å². The van der Waals surface area contributed by atoms with Crippen molar-refractivity contribution in [3.63, 3.8) is 0 Å². The number of esters is 1. The van der Waals surface area contributed by atoms with E-state index in [1.54, 1.807) is 17.9 Å². The number of aryl methyl sites for hydroxylation is 1. The van der Waals surface area contributed by atoms with Crippen molar-refractivity contribution in [2.45, 2.75) is 70.5 Å². The number of fused-ring (bicyclic) bond motifs is 1. The maximum atomic E-state index is 14.1. The van der Waals surface area contributed by atoms with Crippen LogP contribution < -0.4 is 15.4 Å². The number of hydrogen-bond acceptors (Lipinski definition) is 7. The molecule has 1 atom stereocenters. The van der Waals surface area contributed by atoms with Crippen LogP contribution in [0.4, 0.5) is 15.3 Å². The van der Waals surface area contributed by atoms with Gasteiger partial charge in [-0.3, -0.25) is 14.5 Å². The third kappa shape index (κ3) is 8.48. The molecule has 2 aromatic rings. The molecule has 264 valence electrons. The number of piperazine rings is 1. The molecule has 0 aromatic heterocycles. The minimum absolute atomic E-state index is 0.0173. The van der Waals surface area contributed by atoms with Crippen LogP contribution in [0.25, 0.3) is 0 Å². The summed E-state index contributed by atoms with van der Waals surface area (Å²) < 4.78 is 10.8. The molecule has 2 aromatic carbocycles. The summed E-state index contributed by atoms with van der Waals surface area (Å²) in [5, 5.41) is 6.38. The van der Waals surface area contributed by atoms with E-state index in [0.717, 1.165) is 62.4 Å². The predicted molar refractivity (Wildman–Crippen MR) is 186 cm³/mol. The number of anilines is 1. The highest BCUT2D eigenvalue weighted by Crippen LogP contribution is 2.31. The number of nitrogens with zero attached hydrogens (tertiary/aromatic N) is 4. The summed E-state index contributed by atoms with van der Waals surface area (Å²) in [5.41, 5.74) is 3.39. The Kier molecular flexibility index (Phi) is 11.3. The SMILES string of the molecule is CC(=O)Oc1c(C)cc(C[C@@H](NC(=O)N2CCC(N3CCc4ccccc4NC3=O)CC2)C(=O)N2CCN(C3CCOCC3)CC2)cc1Cl. The number of urea groups is 2. The Labute approximate surface area is 293 Å². The number of carbonyl (C=O) groups excluding carboxylic acids is 4. The molecule has 3 fully saturated rings. The quantitative estimate of drug-likeness (QED) is 0.331. The number of carbonyl (C=O) groups is 4. The number of halogens is 1. The van der Waals surface area contributed by atoms with Gasteiger partial charge in [0.2, 0.25) is 5.91 Å². The largest absolute Gasteiger partial charge is 0.425 e. The Morgan fingerprint density at radius 3 is 2.37 bits per heavy atom. The number of benzene rings is 2. The van der Waals surface area contributed by atoms with E-state index in [4.69, 9.17) is 21.1 Å². The van der Waals surface area contributed by atoms with Crippen molar-refractivity contribution >= 4 is 41.2 Å². The van der Waals surface area contributed by atoms with E-state index < -0.39 is 12.0 Å². The van der Waals surface area contributed by atoms with Crippen LogP contribution in [-0.4, -0.2) is 121 Å². The molecule has 0 spiro atoms. The first-order valence-corrected chi connectivity index (χ1v) is 17.8. The van der Waals surface area contributed by atoms with Gasteiger partial charge in [0.1, 0.15) is 6.04 Å². The van der Waals surface area contributed by atoms with Crippen molar-refractivity contribution in [1.82, 2.24) is 24.9 Å². The third-order valence-corrected chi connectivity index (χ3v) is 10.5. The molecular weight excluding hydrogens is 648 g/mol. The lowest BCUT2D eigenvalue weighted by Crippen LogP contribution is -2.59. The van der Waals surface area contributed by atoms with Gasteiger partial charge in [0.25, 0.3) is 0 Å².